The fourth-order valence-electron chi connectivity index (χ4n) is 1.14. The molecule has 0 bridgehead atoms. The van der Waals surface area contributed by atoms with E-state index in [1.54, 1.807) is 25.1 Å². The summed E-state index contributed by atoms with van der Waals surface area (Å²) in [5.74, 6) is -1.34. The van der Waals surface area contributed by atoms with Crippen molar-refractivity contribution in [1.82, 2.24) is 0 Å². The van der Waals surface area contributed by atoms with E-state index in [4.69, 9.17) is 16.2 Å². The van der Waals surface area contributed by atoms with Crippen molar-refractivity contribution >= 4 is 17.6 Å². The molecule has 0 spiro atoms. The van der Waals surface area contributed by atoms with Gasteiger partial charge in [0.15, 0.2) is 6.10 Å². The first-order valence-corrected chi connectivity index (χ1v) is 4.79. The lowest BCUT2D eigenvalue weighted by Crippen LogP contribution is -2.30. The number of amides is 1. The van der Waals surface area contributed by atoms with E-state index < -0.39 is 18.0 Å². The first-order valence-electron chi connectivity index (χ1n) is 4.79. The minimum Gasteiger partial charge on any atom is -0.449 e. The molecule has 86 valence electrons. The van der Waals surface area contributed by atoms with Gasteiger partial charge in [0.1, 0.15) is 0 Å². The Morgan fingerprint density at radius 1 is 1.38 bits per heavy atom. The molecule has 1 atom stereocenters. The molecule has 5 heteroatoms. The van der Waals surface area contributed by atoms with Crippen LogP contribution in [0.2, 0.25) is 0 Å². The predicted octanol–water partition coefficient (Wildman–Crippen LogP) is 0.608. The van der Waals surface area contributed by atoms with Crippen LogP contribution in [-0.4, -0.2) is 18.0 Å². The van der Waals surface area contributed by atoms with Gasteiger partial charge < -0.3 is 16.2 Å². The summed E-state index contributed by atoms with van der Waals surface area (Å²) in [6.45, 7) is 3.19. The molecule has 0 saturated heterocycles. The number of hydrogen-bond donors (Lipinski definition) is 2. The van der Waals surface area contributed by atoms with Crippen molar-refractivity contribution in [2.24, 2.45) is 5.73 Å². The maximum atomic E-state index is 11.6. The molecule has 5 nitrogen and oxygen atoms in total. The molecule has 4 N–H and O–H groups in total. The molecule has 0 radical (unpaired) electrons. The smallest absolute Gasteiger partial charge is 0.341 e. The second kappa shape index (κ2) is 4.65. The average molecular weight is 222 g/mol. The van der Waals surface area contributed by atoms with E-state index in [9.17, 15) is 9.59 Å². The number of rotatable bonds is 3. The Balaban J connectivity index is 2.89. The van der Waals surface area contributed by atoms with Gasteiger partial charge in [-0.3, -0.25) is 4.79 Å². The number of nitrogen functional groups attached to an aromatic ring is 1. The van der Waals surface area contributed by atoms with Gasteiger partial charge in [-0.15, -0.1) is 0 Å². The zero-order chi connectivity index (χ0) is 12.3. The highest BCUT2D eigenvalue weighted by Crippen LogP contribution is 2.17. The molecule has 0 aromatic heterocycles. The highest BCUT2D eigenvalue weighted by atomic mass is 16.5. The maximum absolute atomic E-state index is 11.6. The quantitative estimate of drug-likeness (QED) is 0.578. The first-order chi connectivity index (χ1) is 7.43. The summed E-state index contributed by atoms with van der Waals surface area (Å²) in [6, 6.07) is 5.01. The Morgan fingerprint density at radius 3 is 2.56 bits per heavy atom. The molecule has 0 saturated carbocycles. The molecule has 0 unspecified atom stereocenters. The first kappa shape index (κ1) is 12.0. The molecule has 1 amide bonds. The number of hydrogen-bond acceptors (Lipinski definition) is 4. The molecule has 0 aliphatic carbocycles. The average Bonchev–Trinajstić information content (AvgIpc) is 2.21. The van der Waals surface area contributed by atoms with Gasteiger partial charge in [0.25, 0.3) is 5.91 Å². The summed E-state index contributed by atoms with van der Waals surface area (Å²) in [6.07, 6.45) is -0.965. The summed E-state index contributed by atoms with van der Waals surface area (Å²) in [5, 5.41) is 0. The van der Waals surface area contributed by atoms with Crippen LogP contribution in [0.25, 0.3) is 0 Å². The van der Waals surface area contributed by atoms with Gasteiger partial charge in [-0.05, 0) is 25.5 Å². The Kier molecular flexibility index (Phi) is 3.50. The summed E-state index contributed by atoms with van der Waals surface area (Å²) in [5.41, 5.74) is 12.1. The Morgan fingerprint density at radius 2 is 2.00 bits per heavy atom. The van der Waals surface area contributed by atoms with Gasteiger partial charge in [-0.2, -0.15) is 0 Å². The van der Waals surface area contributed by atoms with Gasteiger partial charge in [-0.1, -0.05) is 12.1 Å². The highest BCUT2D eigenvalue weighted by molar-refractivity contribution is 5.97. The van der Waals surface area contributed by atoms with Crippen LogP contribution in [0, 0.1) is 6.92 Å². The van der Waals surface area contributed by atoms with Crippen molar-refractivity contribution in [2.45, 2.75) is 20.0 Å². The number of primary amides is 1. The molecule has 0 fully saturated rings. The standard InChI is InChI=1S/C11H14N2O3/c1-6-4-3-5-8(9(6)12)11(15)16-7(2)10(13)14/h3-5,7H,12H2,1-2H3,(H2,13,14)/t7-/m1/s1. The zero-order valence-electron chi connectivity index (χ0n) is 9.19. The van der Waals surface area contributed by atoms with Crippen LogP contribution in [0.3, 0.4) is 0 Å². The fraction of sp³-hybridized carbons (Fsp3) is 0.273. The second-order valence-electron chi connectivity index (χ2n) is 3.49. The molecule has 1 aromatic rings. The lowest BCUT2D eigenvalue weighted by atomic mass is 10.1. The predicted molar refractivity (Wildman–Crippen MR) is 59.7 cm³/mol. The van der Waals surface area contributed by atoms with Crippen molar-refractivity contribution in [3.05, 3.63) is 29.3 Å². The number of para-hydroxylation sites is 1. The third-order valence-corrected chi connectivity index (χ3v) is 2.23. The topological polar surface area (TPSA) is 95.4 Å². The van der Waals surface area contributed by atoms with Crippen molar-refractivity contribution < 1.29 is 14.3 Å². The van der Waals surface area contributed by atoms with Crippen LogP contribution in [0.5, 0.6) is 0 Å². The molecule has 1 aromatic carbocycles. The molecule has 0 aliphatic rings. The van der Waals surface area contributed by atoms with Gasteiger partial charge in [0, 0.05) is 5.69 Å². The summed E-state index contributed by atoms with van der Waals surface area (Å²) < 4.78 is 4.84. The van der Waals surface area contributed by atoms with Gasteiger partial charge in [0.2, 0.25) is 0 Å². The van der Waals surface area contributed by atoms with Crippen LogP contribution >= 0.6 is 0 Å². The summed E-state index contributed by atoms with van der Waals surface area (Å²) in [4.78, 5) is 22.4. The molecule has 1 rings (SSSR count). The zero-order valence-corrected chi connectivity index (χ0v) is 9.19. The number of carbonyl (C=O) groups is 2. The third kappa shape index (κ3) is 2.50. The lowest BCUT2D eigenvalue weighted by molar-refractivity contribution is -0.125. The molecule has 16 heavy (non-hydrogen) atoms. The number of ether oxygens (including phenoxy) is 1. The minimum absolute atomic E-state index is 0.244. The van der Waals surface area contributed by atoms with Crippen molar-refractivity contribution in [2.75, 3.05) is 5.73 Å². The van der Waals surface area contributed by atoms with E-state index >= 15 is 0 Å². The van der Waals surface area contributed by atoms with Crippen LogP contribution in [0.4, 0.5) is 5.69 Å². The van der Waals surface area contributed by atoms with Crippen LogP contribution < -0.4 is 11.5 Å². The Hall–Kier alpha value is -2.04. The number of benzene rings is 1. The van der Waals surface area contributed by atoms with Gasteiger partial charge >= 0.3 is 5.97 Å². The van der Waals surface area contributed by atoms with Crippen molar-refractivity contribution in [3.8, 4) is 0 Å². The molecule has 0 aliphatic heterocycles. The summed E-state index contributed by atoms with van der Waals surface area (Å²) >= 11 is 0. The number of carbonyl (C=O) groups excluding carboxylic acids is 2. The molecular formula is C11H14N2O3. The van der Waals surface area contributed by atoms with Crippen LogP contribution in [-0.2, 0) is 9.53 Å². The maximum Gasteiger partial charge on any atom is 0.341 e. The van der Waals surface area contributed by atoms with Crippen LogP contribution in [0.15, 0.2) is 18.2 Å². The lowest BCUT2D eigenvalue weighted by Gasteiger charge is -2.11. The van der Waals surface area contributed by atoms with Crippen molar-refractivity contribution in [3.63, 3.8) is 0 Å². The van der Waals surface area contributed by atoms with E-state index in [-0.39, 0.29) is 5.56 Å². The monoisotopic (exact) mass is 222 g/mol. The normalized spacial score (nSPS) is 11.9. The number of esters is 1. The van der Waals surface area contributed by atoms with E-state index in [0.29, 0.717) is 5.69 Å². The van der Waals surface area contributed by atoms with Gasteiger partial charge in [-0.25, -0.2) is 4.79 Å². The van der Waals surface area contributed by atoms with E-state index in [1.807, 2.05) is 0 Å². The highest BCUT2D eigenvalue weighted by Gasteiger charge is 2.18. The third-order valence-electron chi connectivity index (χ3n) is 2.23. The second-order valence-corrected chi connectivity index (χ2v) is 3.49. The number of aryl methyl sites for hydroxylation is 1. The number of nitrogens with two attached hydrogens (primary N) is 2. The minimum atomic E-state index is -0.965. The Bertz CT molecular complexity index is 429. The van der Waals surface area contributed by atoms with Crippen LogP contribution in [0.1, 0.15) is 22.8 Å². The van der Waals surface area contributed by atoms with E-state index in [1.165, 1.54) is 6.92 Å². The van der Waals surface area contributed by atoms with E-state index in [0.717, 1.165) is 5.56 Å². The molecular weight excluding hydrogens is 208 g/mol. The van der Waals surface area contributed by atoms with E-state index in [2.05, 4.69) is 0 Å². The molecule has 0 heterocycles. The summed E-state index contributed by atoms with van der Waals surface area (Å²) in [7, 11) is 0. The SMILES string of the molecule is Cc1cccc(C(=O)O[C@H](C)C(N)=O)c1N. The fourth-order valence-corrected chi connectivity index (χ4v) is 1.14. The largest absolute Gasteiger partial charge is 0.449 e. The van der Waals surface area contributed by atoms with Crippen molar-refractivity contribution in [1.29, 1.82) is 0 Å². The van der Waals surface area contributed by atoms with Gasteiger partial charge in [0.05, 0.1) is 5.56 Å². The Labute approximate surface area is 93.4 Å². The number of anilines is 1.